The molecule has 5 nitrogen and oxygen atoms in total. The summed E-state index contributed by atoms with van der Waals surface area (Å²) in [6, 6.07) is 20.8. The average molecular weight is 420 g/mol. The van der Waals surface area contributed by atoms with Gasteiger partial charge in [0.2, 0.25) is 5.91 Å². The van der Waals surface area contributed by atoms with Crippen molar-refractivity contribution in [3.8, 4) is 0 Å². The molecule has 6 heteroatoms. The molecule has 2 amide bonds. The van der Waals surface area contributed by atoms with Crippen LogP contribution in [0.1, 0.15) is 40.0 Å². The third kappa shape index (κ3) is 5.99. The Bertz CT molecular complexity index is 1050. The number of halogens is 1. The summed E-state index contributed by atoms with van der Waals surface area (Å²) in [7, 11) is 1.55. The van der Waals surface area contributed by atoms with E-state index in [1.165, 1.54) is 17.7 Å². The van der Waals surface area contributed by atoms with Crippen molar-refractivity contribution in [2.75, 3.05) is 18.9 Å². The van der Waals surface area contributed by atoms with Gasteiger partial charge in [-0.1, -0.05) is 49.4 Å². The maximum atomic E-state index is 13.8. The number of amides is 2. The van der Waals surface area contributed by atoms with Gasteiger partial charge in [0.05, 0.1) is 12.6 Å². The van der Waals surface area contributed by atoms with Gasteiger partial charge >= 0.3 is 0 Å². The van der Waals surface area contributed by atoms with Crippen LogP contribution in [0.25, 0.3) is 0 Å². The molecular formula is C25H26FN3O2. The van der Waals surface area contributed by atoms with Crippen molar-refractivity contribution in [2.24, 2.45) is 0 Å². The predicted octanol–water partition coefficient (Wildman–Crippen LogP) is 4.07. The summed E-state index contributed by atoms with van der Waals surface area (Å²) in [6.07, 6.45) is 0.926. The summed E-state index contributed by atoms with van der Waals surface area (Å²) in [5.74, 6) is -0.818. The van der Waals surface area contributed by atoms with Crippen molar-refractivity contribution in [1.82, 2.24) is 10.6 Å². The SMILES string of the molecule is CCc1ccc([C@H](NCC(=O)Nc2cccc(C(=O)NC)c2)c2cccc(F)c2)cc1. The second-order valence-electron chi connectivity index (χ2n) is 7.17. The van der Waals surface area contributed by atoms with Gasteiger partial charge in [-0.3, -0.25) is 14.9 Å². The van der Waals surface area contributed by atoms with E-state index >= 15 is 0 Å². The van der Waals surface area contributed by atoms with Gasteiger partial charge < -0.3 is 10.6 Å². The fraction of sp³-hybridized carbons (Fsp3) is 0.200. The van der Waals surface area contributed by atoms with Crippen molar-refractivity contribution >= 4 is 17.5 Å². The smallest absolute Gasteiger partial charge is 0.251 e. The Hall–Kier alpha value is -3.51. The lowest BCUT2D eigenvalue weighted by Gasteiger charge is -2.20. The fourth-order valence-corrected chi connectivity index (χ4v) is 3.34. The fourth-order valence-electron chi connectivity index (χ4n) is 3.34. The molecule has 0 heterocycles. The second kappa shape index (κ2) is 10.5. The highest BCUT2D eigenvalue weighted by Gasteiger charge is 2.16. The number of hydrogen-bond acceptors (Lipinski definition) is 3. The molecule has 31 heavy (non-hydrogen) atoms. The van der Waals surface area contributed by atoms with Gasteiger partial charge in [-0.25, -0.2) is 4.39 Å². The number of rotatable bonds is 8. The zero-order valence-electron chi connectivity index (χ0n) is 17.6. The molecule has 0 saturated heterocycles. The zero-order valence-corrected chi connectivity index (χ0v) is 17.6. The van der Waals surface area contributed by atoms with Gasteiger partial charge in [0, 0.05) is 18.3 Å². The van der Waals surface area contributed by atoms with Gasteiger partial charge in [-0.2, -0.15) is 0 Å². The van der Waals surface area contributed by atoms with Crippen LogP contribution in [0.2, 0.25) is 0 Å². The number of hydrogen-bond donors (Lipinski definition) is 3. The summed E-state index contributed by atoms with van der Waals surface area (Å²) in [6.45, 7) is 2.10. The Morgan fingerprint density at radius 3 is 2.35 bits per heavy atom. The molecule has 0 aliphatic carbocycles. The first kappa shape index (κ1) is 22.2. The van der Waals surface area contributed by atoms with Crippen LogP contribution in [0.4, 0.5) is 10.1 Å². The minimum Gasteiger partial charge on any atom is -0.355 e. The minimum absolute atomic E-state index is 0.0148. The number of benzene rings is 3. The van der Waals surface area contributed by atoms with E-state index in [2.05, 4.69) is 22.9 Å². The molecule has 1 atom stereocenters. The summed E-state index contributed by atoms with van der Waals surface area (Å²) in [5.41, 5.74) is 3.87. The lowest BCUT2D eigenvalue weighted by atomic mass is 9.97. The molecule has 3 aromatic rings. The highest BCUT2D eigenvalue weighted by molar-refractivity contribution is 5.97. The Balaban J connectivity index is 1.74. The van der Waals surface area contributed by atoms with E-state index in [1.807, 2.05) is 30.3 Å². The maximum Gasteiger partial charge on any atom is 0.251 e. The molecule has 0 bridgehead atoms. The van der Waals surface area contributed by atoms with Gasteiger partial charge in [-0.05, 0) is 53.4 Å². The second-order valence-corrected chi connectivity index (χ2v) is 7.17. The topological polar surface area (TPSA) is 70.2 Å². The predicted molar refractivity (Wildman–Crippen MR) is 121 cm³/mol. The summed E-state index contributed by atoms with van der Waals surface area (Å²) in [5, 5.41) is 8.58. The van der Waals surface area contributed by atoms with Crippen LogP contribution >= 0.6 is 0 Å². The molecular weight excluding hydrogens is 393 g/mol. The highest BCUT2D eigenvalue weighted by Crippen LogP contribution is 2.23. The van der Waals surface area contributed by atoms with E-state index in [9.17, 15) is 14.0 Å². The molecule has 0 aliphatic heterocycles. The Morgan fingerprint density at radius 1 is 0.935 bits per heavy atom. The van der Waals surface area contributed by atoms with Gasteiger partial charge in [-0.15, -0.1) is 0 Å². The number of anilines is 1. The largest absolute Gasteiger partial charge is 0.355 e. The van der Waals surface area contributed by atoms with E-state index in [-0.39, 0.29) is 30.2 Å². The number of carbonyl (C=O) groups is 2. The van der Waals surface area contributed by atoms with E-state index in [1.54, 1.807) is 37.4 Å². The minimum atomic E-state index is -0.343. The van der Waals surface area contributed by atoms with Crippen LogP contribution in [0.15, 0.2) is 72.8 Å². The first-order valence-corrected chi connectivity index (χ1v) is 10.2. The van der Waals surface area contributed by atoms with Crippen LogP contribution < -0.4 is 16.0 Å². The quantitative estimate of drug-likeness (QED) is 0.516. The van der Waals surface area contributed by atoms with Crippen LogP contribution in [0, 0.1) is 5.82 Å². The van der Waals surface area contributed by atoms with Crippen molar-refractivity contribution in [3.63, 3.8) is 0 Å². The highest BCUT2D eigenvalue weighted by atomic mass is 19.1. The Labute approximate surface area is 181 Å². The first-order chi connectivity index (χ1) is 15.0. The van der Waals surface area contributed by atoms with Crippen LogP contribution in [0.3, 0.4) is 0 Å². The molecule has 0 aromatic heterocycles. The summed E-state index contributed by atoms with van der Waals surface area (Å²) in [4.78, 5) is 24.3. The first-order valence-electron chi connectivity index (χ1n) is 10.2. The molecule has 3 N–H and O–H groups in total. The molecule has 0 aliphatic rings. The standard InChI is InChI=1S/C25H26FN3O2/c1-3-17-10-12-18(13-11-17)24(19-6-4-8-21(26)14-19)28-16-23(30)29-22-9-5-7-20(15-22)25(31)27-2/h4-15,24,28H,3,16H2,1-2H3,(H,27,31)(H,29,30)/t24-/m0/s1. The maximum absolute atomic E-state index is 13.8. The molecule has 0 fully saturated rings. The molecule has 3 rings (SSSR count). The molecule has 0 spiro atoms. The average Bonchev–Trinajstić information content (AvgIpc) is 2.79. The van der Waals surface area contributed by atoms with Crippen LogP contribution in [0.5, 0.6) is 0 Å². The van der Waals surface area contributed by atoms with E-state index in [0.29, 0.717) is 11.3 Å². The lowest BCUT2D eigenvalue weighted by Crippen LogP contribution is -2.32. The van der Waals surface area contributed by atoms with Crippen molar-refractivity contribution in [2.45, 2.75) is 19.4 Å². The van der Waals surface area contributed by atoms with E-state index < -0.39 is 0 Å². The third-order valence-electron chi connectivity index (χ3n) is 5.01. The number of aryl methyl sites for hydroxylation is 1. The Morgan fingerprint density at radius 2 is 1.68 bits per heavy atom. The normalized spacial score (nSPS) is 11.6. The summed E-state index contributed by atoms with van der Waals surface area (Å²) >= 11 is 0. The van der Waals surface area contributed by atoms with E-state index in [0.717, 1.165) is 17.5 Å². The molecule has 0 unspecified atom stereocenters. The summed E-state index contributed by atoms with van der Waals surface area (Å²) < 4.78 is 13.8. The lowest BCUT2D eigenvalue weighted by molar-refractivity contribution is -0.115. The van der Waals surface area contributed by atoms with Gasteiger partial charge in [0.25, 0.3) is 5.91 Å². The van der Waals surface area contributed by atoms with Crippen LogP contribution in [-0.4, -0.2) is 25.4 Å². The molecule has 160 valence electrons. The number of nitrogens with one attached hydrogen (secondary N) is 3. The Kier molecular flexibility index (Phi) is 7.51. The molecule has 3 aromatic carbocycles. The van der Waals surface area contributed by atoms with Crippen molar-refractivity contribution in [1.29, 1.82) is 0 Å². The van der Waals surface area contributed by atoms with E-state index in [4.69, 9.17) is 0 Å². The van der Waals surface area contributed by atoms with Crippen LogP contribution in [-0.2, 0) is 11.2 Å². The monoisotopic (exact) mass is 419 g/mol. The van der Waals surface area contributed by atoms with Gasteiger partial charge in [0.1, 0.15) is 5.82 Å². The third-order valence-corrected chi connectivity index (χ3v) is 5.01. The van der Waals surface area contributed by atoms with Crippen molar-refractivity contribution in [3.05, 3.63) is 101 Å². The zero-order chi connectivity index (χ0) is 22.2. The molecule has 0 saturated carbocycles. The van der Waals surface area contributed by atoms with Gasteiger partial charge in [0.15, 0.2) is 0 Å². The number of carbonyl (C=O) groups excluding carboxylic acids is 2. The van der Waals surface area contributed by atoms with Crippen molar-refractivity contribution < 1.29 is 14.0 Å². The molecule has 0 radical (unpaired) electrons.